The topological polar surface area (TPSA) is 112 Å². The van der Waals surface area contributed by atoms with Crippen LogP contribution in [0.1, 0.15) is 36.1 Å². The number of rotatable bonds is 9. The van der Waals surface area contributed by atoms with E-state index in [9.17, 15) is 14.7 Å². The Labute approximate surface area is 238 Å². The van der Waals surface area contributed by atoms with Crippen LogP contribution < -0.4 is 10.1 Å². The maximum atomic E-state index is 12.4. The number of aromatic nitrogens is 2. The number of hydrogen-bond donors (Lipinski definition) is 2. The van der Waals surface area contributed by atoms with Gasteiger partial charge in [-0.3, -0.25) is 4.79 Å². The summed E-state index contributed by atoms with van der Waals surface area (Å²) in [4.78, 5) is 24.4. The maximum Gasteiger partial charge on any atom is 0.407 e. The van der Waals surface area contributed by atoms with E-state index in [1.54, 1.807) is 7.11 Å². The highest BCUT2D eigenvalue weighted by Gasteiger charge is 2.43. The van der Waals surface area contributed by atoms with Crippen molar-refractivity contribution in [2.75, 3.05) is 13.7 Å². The molecule has 1 heterocycles. The summed E-state index contributed by atoms with van der Waals surface area (Å²) < 4.78 is 17.8. The Balaban J connectivity index is 1.24. The molecule has 1 aliphatic rings. The summed E-state index contributed by atoms with van der Waals surface area (Å²) in [5.41, 5.74) is 3.83. The van der Waals surface area contributed by atoms with Gasteiger partial charge in [-0.05, 0) is 55.7 Å². The molecule has 2 N–H and O–H groups in total. The standard InChI is InChI=1S/C32H33N3O6/c1-22-8-10-24(11-9-22)28-18-29(34-35(28)25-12-14-26(39-2)15-13-25)32(38)17-16-27(19-32)41-30(36)20-33-31(37)40-21-23-6-4-3-5-7-23/h3-15,18,27,38H,16-17,19-21H2,1-2H3,(H,33,37). The third-order valence-corrected chi connectivity index (χ3v) is 7.18. The molecule has 0 saturated heterocycles. The Morgan fingerprint density at radius 2 is 1.78 bits per heavy atom. The van der Waals surface area contributed by atoms with E-state index < -0.39 is 23.8 Å². The summed E-state index contributed by atoms with van der Waals surface area (Å²) in [6.07, 6.45) is -0.171. The molecule has 0 aliphatic heterocycles. The Morgan fingerprint density at radius 1 is 1.05 bits per heavy atom. The maximum absolute atomic E-state index is 12.4. The van der Waals surface area contributed by atoms with Crippen molar-refractivity contribution in [3.05, 3.63) is 102 Å². The van der Waals surface area contributed by atoms with E-state index in [0.29, 0.717) is 18.5 Å². The minimum atomic E-state index is -1.27. The SMILES string of the molecule is COc1ccc(-n2nc(C3(O)CCC(OC(=O)CNC(=O)OCc4ccccc4)C3)cc2-c2ccc(C)cc2)cc1. The van der Waals surface area contributed by atoms with Gasteiger partial charge in [-0.1, -0.05) is 60.2 Å². The number of aryl methyl sites for hydroxylation is 1. The third-order valence-electron chi connectivity index (χ3n) is 7.18. The molecule has 5 rings (SSSR count). The third kappa shape index (κ3) is 6.75. The second kappa shape index (κ2) is 12.3. The van der Waals surface area contributed by atoms with Gasteiger partial charge in [0.05, 0.1) is 24.2 Å². The minimum Gasteiger partial charge on any atom is -0.497 e. The van der Waals surface area contributed by atoms with Gasteiger partial charge in [-0.15, -0.1) is 0 Å². The molecule has 3 aromatic carbocycles. The van der Waals surface area contributed by atoms with Gasteiger partial charge >= 0.3 is 12.1 Å². The largest absolute Gasteiger partial charge is 0.497 e. The molecule has 1 saturated carbocycles. The molecule has 1 aliphatic carbocycles. The van der Waals surface area contributed by atoms with Gasteiger partial charge in [0.2, 0.25) is 0 Å². The van der Waals surface area contributed by atoms with Crippen LogP contribution in [0.5, 0.6) is 5.75 Å². The zero-order valence-electron chi connectivity index (χ0n) is 23.1. The number of nitrogens with one attached hydrogen (secondary N) is 1. The fourth-order valence-electron chi connectivity index (χ4n) is 4.92. The average molecular weight is 556 g/mol. The van der Waals surface area contributed by atoms with Crippen LogP contribution in [0.4, 0.5) is 4.79 Å². The van der Waals surface area contributed by atoms with Crippen LogP contribution in [0.25, 0.3) is 16.9 Å². The number of benzene rings is 3. The molecule has 2 atom stereocenters. The van der Waals surface area contributed by atoms with E-state index >= 15 is 0 Å². The number of aliphatic hydroxyl groups is 1. The summed E-state index contributed by atoms with van der Waals surface area (Å²) in [6.45, 7) is 1.80. The molecule has 4 aromatic rings. The predicted molar refractivity (Wildman–Crippen MR) is 153 cm³/mol. The van der Waals surface area contributed by atoms with Gasteiger partial charge in [0.25, 0.3) is 0 Å². The van der Waals surface area contributed by atoms with Crippen LogP contribution in [0.15, 0.2) is 84.9 Å². The highest BCUT2D eigenvalue weighted by atomic mass is 16.6. The first-order valence-corrected chi connectivity index (χ1v) is 13.5. The van der Waals surface area contributed by atoms with E-state index in [4.69, 9.17) is 19.3 Å². The van der Waals surface area contributed by atoms with Crippen LogP contribution in [-0.2, 0) is 26.5 Å². The Morgan fingerprint density at radius 3 is 2.49 bits per heavy atom. The van der Waals surface area contributed by atoms with Crippen molar-refractivity contribution in [3.63, 3.8) is 0 Å². The highest BCUT2D eigenvalue weighted by molar-refractivity contribution is 5.78. The summed E-state index contributed by atoms with van der Waals surface area (Å²) in [5, 5.41) is 18.9. The average Bonchev–Trinajstić information content (AvgIpc) is 3.61. The van der Waals surface area contributed by atoms with Crippen molar-refractivity contribution in [1.82, 2.24) is 15.1 Å². The van der Waals surface area contributed by atoms with Crippen LogP contribution in [0.2, 0.25) is 0 Å². The number of hydrogen-bond acceptors (Lipinski definition) is 7. The lowest BCUT2D eigenvalue weighted by atomic mass is 9.97. The Bertz CT molecular complexity index is 1480. The predicted octanol–water partition coefficient (Wildman–Crippen LogP) is 5.07. The van der Waals surface area contributed by atoms with Crippen LogP contribution >= 0.6 is 0 Å². The number of amides is 1. The molecule has 9 nitrogen and oxygen atoms in total. The van der Waals surface area contributed by atoms with Crippen molar-refractivity contribution in [1.29, 1.82) is 0 Å². The molecule has 1 amide bonds. The van der Waals surface area contributed by atoms with E-state index in [2.05, 4.69) is 5.32 Å². The number of alkyl carbamates (subject to hydrolysis) is 1. The van der Waals surface area contributed by atoms with Crippen molar-refractivity contribution < 1.29 is 28.9 Å². The van der Waals surface area contributed by atoms with Crippen LogP contribution in [0, 0.1) is 6.92 Å². The van der Waals surface area contributed by atoms with Gasteiger partial charge in [0.15, 0.2) is 0 Å². The van der Waals surface area contributed by atoms with Gasteiger partial charge < -0.3 is 24.6 Å². The van der Waals surface area contributed by atoms with E-state index in [-0.39, 0.29) is 19.6 Å². The smallest absolute Gasteiger partial charge is 0.407 e. The summed E-state index contributed by atoms with van der Waals surface area (Å²) in [5.74, 6) is 0.135. The molecule has 0 bridgehead atoms. The minimum absolute atomic E-state index is 0.102. The zero-order chi connectivity index (χ0) is 28.8. The fraction of sp³-hybridized carbons (Fsp3) is 0.281. The molecule has 9 heteroatoms. The second-order valence-electron chi connectivity index (χ2n) is 10.2. The number of carbonyl (C=O) groups is 2. The first kappa shape index (κ1) is 27.9. The number of nitrogens with zero attached hydrogens (tertiary/aromatic N) is 2. The van der Waals surface area contributed by atoms with E-state index in [0.717, 1.165) is 33.8 Å². The molecule has 2 unspecified atom stereocenters. The van der Waals surface area contributed by atoms with Gasteiger partial charge in [-0.2, -0.15) is 5.10 Å². The first-order valence-electron chi connectivity index (χ1n) is 13.5. The number of methoxy groups -OCH3 is 1. The van der Waals surface area contributed by atoms with Gasteiger partial charge in [0.1, 0.15) is 30.6 Å². The molecule has 0 spiro atoms. The molecular weight excluding hydrogens is 522 g/mol. The first-order chi connectivity index (χ1) is 19.8. The monoisotopic (exact) mass is 555 g/mol. The Hall–Kier alpha value is -4.63. The molecule has 1 aromatic heterocycles. The van der Waals surface area contributed by atoms with Crippen molar-refractivity contribution in [3.8, 4) is 22.7 Å². The summed E-state index contributed by atoms with van der Waals surface area (Å²) in [6, 6.07) is 26.8. The molecular formula is C32H33N3O6. The number of esters is 1. The van der Waals surface area contributed by atoms with Crippen LogP contribution in [0.3, 0.4) is 0 Å². The van der Waals surface area contributed by atoms with E-state index in [1.165, 1.54) is 0 Å². The van der Waals surface area contributed by atoms with Crippen molar-refractivity contribution in [2.45, 2.75) is 44.5 Å². The lowest BCUT2D eigenvalue weighted by Gasteiger charge is -2.20. The lowest BCUT2D eigenvalue weighted by Crippen LogP contribution is -2.33. The summed E-state index contributed by atoms with van der Waals surface area (Å²) in [7, 11) is 1.62. The van der Waals surface area contributed by atoms with Gasteiger partial charge in [0, 0.05) is 12.0 Å². The Kier molecular flexibility index (Phi) is 8.35. The second-order valence-corrected chi connectivity index (χ2v) is 10.2. The number of carbonyl (C=O) groups excluding carboxylic acids is 2. The summed E-state index contributed by atoms with van der Waals surface area (Å²) >= 11 is 0. The van der Waals surface area contributed by atoms with Crippen molar-refractivity contribution in [2.24, 2.45) is 0 Å². The molecule has 41 heavy (non-hydrogen) atoms. The molecule has 1 fully saturated rings. The van der Waals surface area contributed by atoms with Crippen LogP contribution in [-0.4, -0.2) is 46.7 Å². The quantitative estimate of drug-likeness (QED) is 0.278. The normalized spacial score (nSPS) is 18.1. The lowest BCUT2D eigenvalue weighted by molar-refractivity contribution is -0.148. The van der Waals surface area contributed by atoms with Gasteiger partial charge in [-0.25, -0.2) is 9.48 Å². The number of ether oxygens (including phenoxy) is 3. The molecule has 212 valence electrons. The highest BCUT2D eigenvalue weighted by Crippen LogP contribution is 2.41. The molecule has 0 radical (unpaired) electrons. The fourth-order valence-corrected chi connectivity index (χ4v) is 4.92. The zero-order valence-corrected chi connectivity index (χ0v) is 23.1. The van der Waals surface area contributed by atoms with E-state index in [1.807, 2.05) is 96.5 Å². The van der Waals surface area contributed by atoms with Crippen molar-refractivity contribution >= 4 is 12.1 Å².